The van der Waals surface area contributed by atoms with E-state index in [4.69, 9.17) is 37.4 Å². The number of rotatable bonds is 11. The van der Waals surface area contributed by atoms with Crippen LogP contribution in [0.5, 0.6) is 11.5 Å². The molecule has 218 valence electrons. The molecule has 11 nitrogen and oxygen atoms in total. The summed E-state index contributed by atoms with van der Waals surface area (Å²) >= 11 is 0. The zero-order valence-electron chi connectivity index (χ0n) is 31.2. The van der Waals surface area contributed by atoms with Crippen molar-refractivity contribution in [1.29, 1.82) is 0 Å². The van der Waals surface area contributed by atoms with E-state index in [1.165, 1.54) is 6.07 Å². The lowest BCUT2D eigenvalue weighted by Gasteiger charge is -2.31. The number of aliphatic hydroxyl groups is 1. The van der Waals surface area contributed by atoms with Gasteiger partial charge in [0, 0.05) is 28.8 Å². The summed E-state index contributed by atoms with van der Waals surface area (Å²) in [5, 5.41) is 14.0. The highest BCUT2D eigenvalue weighted by Crippen LogP contribution is 2.35. The number of carbonyl (C=O) groups excluding carboxylic acids is 1. The average Bonchev–Trinajstić information content (AvgIpc) is 3.72. The van der Waals surface area contributed by atoms with E-state index in [1.807, 2.05) is 0 Å². The Morgan fingerprint density at radius 1 is 1.23 bits per heavy atom. The van der Waals surface area contributed by atoms with E-state index >= 15 is 0 Å². The first kappa shape index (κ1) is 18.5. The van der Waals surface area contributed by atoms with Gasteiger partial charge in [-0.3, -0.25) is 0 Å². The Hall–Kier alpha value is -2.90. The number of benzene rings is 2. The van der Waals surface area contributed by atoms with Crippen LogP contribution in [0.4, 0.5) is 4.79 Å². The zero-order valence-corrected chi connectivity index (χ0v) is 22.1. The molecule has 0 saturated carbocycles. The summed E-state index contributed by atoms with van der Waals surface area (Å²) in [5.74, 6) is -4.14. The van der Waals surface area contributed by atoms with Crippen molar-refractivity contribution in [2.75, 3.05) is 33.0 Å². The van der Waals surface area contributed by atoms with E-state index in [2.05, 4.69) is 5.32 Å². The number of carbonyl (C=O) groups is 1. The number of ether oxygens (including phenoxy) is 5. The summed E-state index contributed by atoms with van der Waals surface area (Å²) in [5.41, 5.74) is 0.520. The lowest BCUT2D eigenvalue weighted by molar-refractivity contribution is -0.0907. The van der Waals surface area contributed by atoms with Gasteiger partial charge >= 0.3 is 6.09 Å². The first-order valence-electron chi connectivity index (χ1n) is 17.5. The molecule has 5 rings (SSSR count). The summed E-state index contributed by atoms with van der Waals surface area (Å²) in [6.07, 6.45) is -7.05. The second-order valence-electron chi connectivity index (χ2n) is 9.41. The Morgan fingerprint density at radius 3 is 2.83 bits per heavy atom. The fourth-order valence-corrected chi connectivity index (χ4v) is 6.04. The summed E-state index contributed by atoms with van der Waals surface area (Å²) in [6.45, 7) is -12.4. The number of fused-ring (bicyclic) bond motifs is 2. The first-order valence-corrected chi connectivity index (χ1v) is 13.9. The third-order valence-electron chi connectivity index (χ3n) is 6.63. The molecule has 5 atom stereocenters. The number of hydrogen-bond donors (Lipinski definition) is 2. The SMILES string of the molecule is [2H]C([2H])([2H])C([2H])(CN(C[C@@H](O)[C@H](Cc1ccccc1)NC(=O)O[C@]1([2H])[C@@H]2CCO[C@@H]2OC1([2H])[2H])S(=O)(=O)c1ccc2c(c1)OCO2)C([2H])([2H])[2H]. The van der Waals surface area contributed by atoms with E-state index in [0.29, 0.717) is 9.87 Å². The molecule has 0 bridgehead atoms. The maximum atomic E-state index is 14.1. The number of amides is 1. The van der Waals surface area contributed by atoms with E-state index in [0.717, 1.165) is 12.1 Å². The van der Waals surface area contributed by atoms with Crippen molar-refractivity contribution in [2.45, 2.75) is 56.0 Å². The van der Waals surface area contributed by atoms with Crippen LogP contribution in [0.1, 0.15) is 39.4 Å². The minimum Gasteiger partial charge on any atom is -0.454 e. The molecule has 0 unspecified atom stereocenters. The first-order chi connectivity index (χ1) is 23.1. The van der Waals surface area contributed by atoms with Crippen LogP contribution >= 0.6 is 0 Å². The van der Waals surface area contributed by atoms with Crippen molar-refractivity contribution >= 4 is 16.1 Å². The van der Waals surface area contributed by atoms with Gasteiger partial charge in [0.1, 0.15) is 6.08 Å². The number of aliphatic hydroxyl groups excluding tert-OH is 1. The van der Waals surface area contributed by atoms with E-state index < -0.39 is 90.7 Å². The van der Waals surface area contributed by atoms with E-state index in [-0.39, 0.29) is 37.7 Å². The van der Waals surface area contributed by atoms with Crippen LogP contribution in [0.15, 0.2) is 53.4 Å². The minimum absolute atomic E-state index is 0.0247. The highest BCUT2D eigenvalue weighted by atomic mass is 32.2. The molecule has 2 fully saturated rings. The van der Waals surface area contributed by atoms with Gasteiger partial charge in [0.2, 0.25) is 16.8 Å². The summed E-state index contributed by atoms with van der Waals surface area (Å²) in [4.78, 5) is 12.8. The monoisotopic (exact) mass is 586 g/mol. The van der Waals surface area contributed by atoms with Gasteiger partial charge in [-0.25, -0.2) is 13.2 Å². The summed E-state index contributed by atoms with van der Waals surface area (Å²) in [7, 11) is -4.90. The lowest BCUT2D eigenvalue weighted by atomic mass is 10.0. The van der Waals surface area contributed by atoms with Crippen LogP contribution in [0.3, 0.4) is 0 Å². The molecular formula is C28H36N2O9S. The van der Waals surface area contributed by atoms with Gasteiger partial charge in [-0.05, 0) is 36.4 Å². The molecule has 2 aromatic carbocycles. The van der Waals surface area contributed by atoms with E-state index in [1.54, 1.807) is 30.3 Å². The number of nitrogens with zero attached hydrogens (tertiary/aromatic N) is 1. The Labute approximate surface area is 248 Å². The smallest absolute Gasteiger partial charge is 0.407 e. The predicted octanol–water partition coefficient (Wildman–Crippen LogP) is 2.52. The molecule has 1 amide bonds. The third-order valence-corrected chi connectivity index (χ3v) is 8.44. The van der Waals surface area contributed by atoms with Crippen molar-refractivity contribution in [1.82, 2.24) is 9.62 Å². The highest BCUT2D eigenvalue weighted by Gasteiger charge is 2.44. The highest BCUT2D eigenvalue weighted by molar-refractivity contribution is 7.89. The summed E-state index contributed by atoms with van der Waals surface area (Å²) < 4.78 is 136. The molecule has 3 aliphatic rings. The van der Waals surface area contributed by atoms with Gasteiger partial charge < -0.3 is 34.1 Å². The van der Waals surface area contributed by atoms with Crippen LogP contribution in [0, 0.1) is 11.8 Å². The Balaban J connectivity index is 1.48. The van der Waals surface area contributed by atoms with Crippen molar-refractivity contribution in [3.63, 3.8) is 0 Å². The van der Waals surface area contributed by atoms with Gasteiger partial charge in [0.15, 0.2) is 17.8 Å². The van der Waals surface area contributed by atoms with E-state index in [9.17, 15) is 18.3 Å². The number of sulfonamides is 1. The standard InChI is InChI=1S/C28H36N2O9S/c1-18(2)14-30(40(33,34)20-8-9-24-25(13-20)38-17-37-24)15-23(31)22(12-19-6-4-3-5-7-19)29-28(32)39-26-16-36-27-21(26)10-11-35-27/h3-9,13,18,21-23,26-27,31H,10-12,14-17H2,1-2H3,(H,29,32)/t21-,22-,23+,26-,27+/m0/s1/i1D3,2D3,16D2,18D,26D. The van der Waals surface area contributed by atoms with Gasteiger partial charge in [0.25, 0.3) is 0 Å². The lowest BCUT2D eigenvalue weighted by Crippen LogP contribution is -2.51. The van der Waals surface area contributed by atoms with Crippen LogP contribution in [0.25, 0.3) is 0 Å². The molecule has 2 aromatic rings. The normalized spacial score (nSPS) is 30.9. The molecule has 0 spiro atoms. The number of alkyl carbamates (subject to hydrolysis) is 1. The molecule has 12 heteroatoms. The van der Waals surface area contributed by atoms with Gasteiger partial charge in [-0.15, -0.1) is 0 Å². The molecule has 0 aromatic heterocycles. The van der Waals surface area contributed by atoms with Crippen LogP contribution in [-0.4, -0.2) is 81.5 Å². The molecule has 0 radical (unpaired) electrons. The Morgan fingerprint density at radius 2 is 2.02 bits per heavy atom. The van der Waals surface area contributed by atoms with Crippen molar-refractivity contribution in [3.05, 3.63) is 54.1 Å². The van der Waals surface area contributed by atoms with Gasteiger partial charge in [-0.2, -0.15) is 4.31 Å². The second kappa shape index (κ2) is 12.3. The largest absolute Gasteiger partial charge is 0.454 e. The Kier molecular flexibility index (Phi) is 5.70. The number of hydrogen-bond acceptors (Lipinski definition) is 9. The molecule has 2 saturated heterocycles. The molecular weight excluding hydrogens is 540 g/mol. The molecule has 2 N–H and O–H groups in total. The maximum Gasteiger partial charge on any atom is 0.407 e. The third kappa shape index (κ3) is 6.52. The van der Waals surface area contributed by atoms with Crippen molar-refractivity contribution in [2.24, 2.45) is 11.8 Å². The Bertz CT molecular complexity index is 1650. The van der Waals surface area contributed by atoms with Crippen LogP contribution < -0.4 is 14.8 Å². The fourth-order valence-electron chi connectivity index (χ4n) is 4.60. The van der Waals surface area contributed by atoms with Gasteiger partial charge in [-0.1, -0.05) is 44.0 Å². The summed E-state index contributed by atoms with van der Waals surface area (Å²) in [6, 6.07) is 10.2. The number of nitrogens with one attached hydrogen (secondary N) is 1. The van der Waals surface area contributed by atoms with Gasteiger partial charge in [0.05, 0.1) is 40.2 Å². The minimum atomic E-state index is -4.90. The van der Waals surface area contributed by atoms with Crippen molar-refractivity contribution < 1.29 is 55.7 Å². The molecule has 3 heterocycles. The molecule has 0 aliphatic carbocycles. The van der Waals surface area contributed by atoms with Crippen LogP contribution in [0.2, 0.25) is 0 Å². The quantitative estimate of drug-likeness (QED) is 0.408. The maximum absolute atomic E-state index is 14.1. The molecule has 40 heavy (non-hydrogen) atoms. The average molecular weight is 587 g/mol. The molecule has 3 aliphatic heterocycles. The topological polar surface area (TPSA) is 133 Å². The fraction of sp³-hybridized carbons (Fsp3) is 0.536. The predicted molar refractivity (Wildman–Crippen MR) is 143 cm³/mol. The van der Waals surface area contributed by atoms with Crippen molar-refractivity contribution in [3.8, 4) is 11.5 Å². The van der Waals surface area contributed by atoms with Crippen LogP contribution in [-0.2, 0) is 30.7 Å². The second-order valence-corrected chi connectivity index (χ2v) is 11.3. The zero-order chi connectivity index (χ0) is 36.9.